The van der Waals surface area contributed by atoms with E-state index in [2.05, 4.69) is 13.8 Å². The summed E-state index contributed by atoms with van der Waals surface area (Å²) < 4.78 is 0. The van der Waals surface area contributed by atoms with Gasteiger partial charge in [-0.15, -0.1) is 0 Å². The molecule has 2 N–H and O–H groups in total. The van der Waals surface area contributed by atoms with Crippen LogP contribution in [0.2, 0.25) is 0 Å². The maximum absolute atomic E-state index is 12.4. The predicted octanol–water partition coefficient (Wildman–Crippen LogP) is 3.20. The standard InChI is InChI=1S/C16H24N2O/c1-12(2)18(16(19)10-13-5-3-6-13)11-14-7-4-8-15(17)9-14/h4,7-9,12-13H,3,5-6,10-11,17H2,1-2H3. The van der Waals surface area contributed by atoms with Crippen LogP contribution in [0.25, 0.3) is 0 Å². The van der Waals surface area contributed by atoms with Crippen molar-refractivity contribution in [2.45, 2.75) is 52.1 Å². The number of amides is 1. The Balaban J connectivity index is 2.00. The fraction of sp³-hybridized carbons (Fsp3) is 0.562. The highest BCUT2D eigenvalue weighted by atomic mass is 16.2. The number of carbonyl (C=O) groups is 1. The lowest BCUT2D eigenvalue weighted by Crippen LogP contribution is -2.38. The number of carbonyl (C=O) groups excluding carboxylic acids is 1. The van der Waals surface area contributed by atoms with E-state index < -0.39 is 0 Å². The first kappa shape index (κ1) is 13.9. The number of rotatable bonds is 5. The number of hydrogen-bond acceptors (Lipinski definition) is 2. The molecule has 0 radical (unpaired) electrons. The molecule has 1 amide bonds. The summed E-state index contributed by atoms with van der Waals surface area (Å²) in [6, 6.07) is 8.03. The van der Waals surface area contributed by atoms with Gasteiger partial charge in [0, 0.05) is 24.7 Å². The molecule has 104 valence electrons. The molecule has 1 aromatic carbocycles. The molecule has 3 nitrogen and oxygen atoms in total. The third kappa shape index (κ3) is 3.72. The Kier molecular flexibility index (Phi) is 4.46. The second kappa shape index (κ2) is 6.09. The van der Waals surface area contributed by atoms with E-state index in [4.69, 9.17) is 5.73 Å². The summed E-state index contributed by atoms with van der Waals surface area (Å²) in [5.74, 6) is 0.900. The fourth-order valence-corrected chi connectivity index (χ4v) is 2.51. The molecule has 0 spiro atoms. The Morgan fingerprint density at radius 3 is 2.68 bits per heavy atom. The van der Waals surface area contributed by atoms with E-state index in [1.54, 1.807) is 0 Å². The van der Waals surface area contributed by atoms with Gasteiger partial charge in [0.2, 0.25) is 5.91 Å². The molecule has 0 aromatic heterocycles. The van der Waals surface area contributed by atoms with Gasteiger partial charge in [-0.3, -0.25) is 4.79 Å². The number of nitrogens with two attached hydrogens (primary N) is 1. The average molecular weight is 260 g/mol. The van der Waals surface area contributed by atoms with E-state index in [0.29, 0.717) is 18.9 Å². The van der Waals surface area contributed by atoms with Crippen LogP contribution in [0.3, 0.4) is 0 Å². The lowest BCUT2D eigenvalue weighted by Gasteiger charge is -2.31. The zero-order valence-corrected chi connectivity index (χ0v) is 11.9. The zero-order valence-electron chi connectivity index (χ0n) is 11.9. The molecule has 1 fully saturated rings. The van der Waals surface area contributed by atoms with E-state index >= 15 is 0 Å². The Morgan fingerprint density at radius 2 is 2.16 bits per heavy atom. The number of hydrogen-bond donors (Lipinski definition) is 1. The van der Waals surface area contributed by atoms with Gasteiger partial charge in [-0.05, 0) is 50.3 Å². The zero-order chi connectivity index (χ0) is 13.8. The summed E-state index contributed by atoms with van der Waals surface area (Å²) in [4.78, 5) is 14.3. The number of anilines is 1. The molecular weight excluding hydrogens is 236 g/mol. The average Bonchev–Trinajstić information content (AvgIpc) is 2.30. The second-order valence-electron chi connectivity index (χ2n) is 5.86. The highest BCUT2D eigenvalue weighted by Gasteiger charge is 2.25. The molecule has 0 bridgehead atoms. The van der Waals surface area contributed by atoms with Gasteiger partial charge in [0.05, 0.1) is 0 Å². The van der Waals surface area contributed by atoms with Crippen LogP contribution >= 0.6 is 0 Å². The van der Waals surface area contributed by atoms with E-state index in [1.807, 2.05) is 29.2 Å². The van der Waals surface area contributed by atoms with Crippen LogP contribution in [-0.4, -0.2) is 16.8 Å². The van der Waals surface area contributed by atoms with Crippen LogP contribution in [0.15, 0.2) is 24.3 Å². The summed E-state index contributed by atoms with van der Waals surface area (Å²) in [6.07, 6.45) is 4.43. The summed E-state index contributed by atoms with van der Waals surface area (Å²) in [5, 5.41) is 0. The molecule has 0 heterocycles. The molecule has 1 aliphatic rings. The van der Waals surface area contributed by atoms with Gasteiger partial charge in [-0.2, -0.15) is 0 Å². The highest BCUT2D eigenvalue weighted by Crippen LogP contribution is 2.30. The van der Waals surface area contributed by atoms with Crippen molar-refractivity contribution in [3.63, 3.8) is 0 Å². The first-order valence-electron chi connectivity index (χ1n) is 7.20. The van der Waals surface area contributed by atoms with Crippen molar-refractivity contribution >= 4 is 11.6 Å². The fourth-order valence-electron chi connectivity index (χ4n) is 2.51. The topological polar surface area (TPSA) is 46.3 Å². The normalized spacial score (nSPS) is 15.3. The molecule has 0 aliphatic heterocycles. The summed E-state index contributed by atoms with van der Waals surface area (Å²) >= 11 is 0. The molecule has 1 aliphatic carbocycles. The van der Waals surface area contributed by atoms with Gasteiger partial charge in [0.15, 0.2) is 0 Å². The van der Waals surface area contributed by atoms with Crippen molar-refractivity contribution in [2.75, 3.05) is 5.73 Å². The van der Waals surface area contributed by atoms with E-state index in [9.17, 15) is 4.79 Å². The molecule has 0 atom stereocenters. The van der Waals surface area contributed by atoms with Crippen molar-refractivity contribution in [3.05, 3.63) is 29.8 Å². The number of nitrogen functional groups attached to an aromatic ring is 1. The van der Waals surface area contributed by atoms with Crippen LogP contribution in [0.1, 0.15) is 45.1 Å². The lowest BCUT2D eigenvalue weighted by molar-refractivity contribution is -0.135. The molecule has 3 heteroatoms. The third-order valence-corrected chi connectivity index (χ3v) is 3.94. The van der Waals surface area contributed by atoms with Crippen molar-refractivity contribution in [1.82, 2.24) is 4.90 Å². The second-order valence-corrected chi connectivity index (χ2v) is 5.86. The molecule has 2 rings (SSSR count). The van der Waals surface area contributed by atoms with Crippen LogP contribution in [0.5, 0.6) is 0 Å². The van der Waals surface area contributed by atoms with E-state index in [0.717, 1.165) is 11.3 Å². The quantitative estimate of drug-likeness (QED) is 0.826. The van der Waals surface area contributed by atoms with Crippen molar-refractivity contribution < 1.29 is 4.79 Å². The first-order chi connectivity index (χ1) is 9.06. The predicted molar refractivity (Wildman–Crippen MR) is 78.5 cm³/mol. The minimum absolute atomic E-state index is 0.231. The van der Waals surface area contributed by atoms with Crippen molar-refractivity contribution in [3.8, 4) is 0 Å². The SMILES string of the molecule is CC(C)N(Cc1cccc(N)c1)C(=O)CC1CCC1. The number of benzene rings is 1. The molecular formula is C16H24N2O. The smallest absolute Gasteiger partial charge is 0.223 e. The maximum Gasteiger partial charge on any atom is 0.223 e. The molecule has 1 aromatic rings. The Labute approximate surface area is 115 Å². The Morgan fingerprint density at radius 1 is 1.42 bits per heavy atom. The van der Waals surface area contributed by atoms with Crippen molar-refractivity contribution in [1.29, 1.82) is 0 Å². The first-order valence-corrected chi connectivity index (χ1v) is 7.20. The maximum atomic E-state index is 12.4. The van der Waals surface area contributed by atoms with Gasteiger partial charge in [-0.25, -0.2) is 0 Å². The Bertz CT molecular complexity index is 438. The van der Waals surface area contributed by atoms with E-state index in [1.165, 1.54) is 19.3 Å². The highest BCUT2D eigenvalue weighted by molar-refractivity contribution is 5.76. The summed E-state index contributed by atoms with van der Waals surface area (Å²) in [5.41, 5.74) is 7.66. The van der Waals surface area contributed by atoms with Crippen molar-refractivity contribution in [2.24, 2.45) is 5.92 Å². The van der Waals surface area contributed by atoms with Crippen LogP contribution < -0.4 is 5.73 Å². The number of nitrogens with zero attached hydrogens (tertiary/aromatic N) is 1. The minimum atomic E-state index is 0.231. The van der Waals surface area contributed by atoms with Crippen LogP contribution in [-0.2, 0) is 11.3 Å². The monoisotopic (exact) mass is 260 g/mol. The minimum Gasteiger partial charge on any atom is -0.399 e. The Hall–Kier alpha value is -1.51. The van der Waals surface area contributed by atoms with Crippen LogP contribution in [0, 0.1) is 5.92 Å². The largest absolute Gasteiger partial charge is 0.399 e. The molecule has 19 heavy (non-hydrogen) atoms. The van der Waals surface area contributed by atoms with Gasteiger partial charge >= 0.3 is 0 Å². The summed E-state index contributed by atoms with van der Waals surface area (Å²) in [7, 11) is 0. The van der Waals surface area contributed by atoms with Gasteiger partial charge in [0.1, 0.15) is 0 Å². The van der Waals surface area contributed by atoms with Crippen LogP contribution in [0.4, 0.5) is 5.69 Å². The van der Waals surface area contributed by atoms with Gasteiger partial charge in [-0.1, -0.05) is 18.6 Å². The molecule has 0 unspecified atom stereocenters. The molecule has 1 saturated carbocycles. The van der Waals surface area contributed by atoms with Gasteiger partial charge < -0.3 is 10.6 Å². The summed E-state index contributed by atoms with van der Waals surface area (Å²) in [6.45, 7) is 4.81. The lowest BCUT2D eigenvalue weighted by atomic mass is 9.82. The van der Waals surface area contributed by atoms with Gasteiger partial charge in [0.25, 0.3) is 0 Å². The molecule has 0 saturated heterocycles. The third-order valence-electron chi connectivity index (χ3n) is 3.94. The van der Waals surface area contributed by atoms with E-state index in [-0.39, 0.29) is 11.9 Å².